The van der Waals surface area contributed by atoms with Gasteiger partial charge in [-0.05, 0) is 48.9 Å². The maximum Gasteiger partial charge on any atom is 0.251 e. The standard InChI is InChI=1S/C25H26N2O2S2/c26-23(28)21-19-15-9-1-2-10-16-20(19)31-25(21)27-24(29)22(17-11-5-3-6-12-17)30-18-13-7-4-8-14-18/h3-8,11-14,22H,1-2,9-10,15-16H2,(H2,26,28)(H,27,29)/t22-/m0/s1. The van der Waals surface area contributed by atoms with Crippen LogP contribution in [0.1, 0.15) is 57.3 Å². The van der Waals surface area contributed by atoms with Crippen LogP contribution in [0.3, 0.4) is 0 Å². The number of nitrogens with one attached hydrogen (secondary N) is 1. The van der Waals surface area contributed by atoms with Crippen LogP contribution in [0.15, 0.2) is 65.6 Å². The molecule has 160 valence electrons. The number of primary amides is 1. The molecule has 1 atom stereocenters. The molecule has 1 aromatic heterocycles. The van der Waals surface area contributed by atoms with Gasteiger partial charge in [-0.3, -0.25) is 9.59 Å². The molecule has 0 spiro atoms. The largest absolute Gasteiger partial charge is 0.365 e. The van der Waals surface area contributed by atoms with Crippen molar-refractivity contribution in [2.75, 3.05) is 5.32 Å². The van der Waals surface area contributed by atoms with E-state index in [1.165, 1.54) is 40.8 Å². The Morgan fingerprint density at radius 2 is 1.55 bits per heavy atom. The number of hydrogen-bond donors (Lipinski definition) is 2. The van der Waals surface area contributed by atoms with Crippen molar-refractivity contribution in [1.29, 1.82) is 0 Å². The lowest BCUT2D eigenvalue weighted by molar-refractivity contribution is -0.115. The SMILES string of the molecule is NC(=O)c1c(NC(=O)[C@@H](Sc2ccccc2)c2ccccc2)sc2c1CCCCCC2. The monoisotopic (exact) mass is 450 g/mol. The molecule has 1 aliphatic rings. The third-order valence-corrected chi connectivity index (χ3v) is 7.97. The van der Waals surface area contributed by atoms with Crippen molar-refractivity contribution in [3.8, 4) is 0 Å². The molecular formula is C25H26N2O2S2. The van der Waals surface area contributed by atoms with Crippen molar-refractivity contribution < 1.29 is 9.59 Å². The molecule has 0 aliphatic heterocycles. The van der Waals surface area contributed by atoms with Crippen LogP contribution in [0.2, 0.25) is 0 Å². The molecule has 0 bridgehead atoms. The fourth-order valence-electron chi connectivity index (χ4n) is 3.98. The lowest BCUT2D eigenvalue weighted by Gasteiger charge is -2.17. The van der Waals surface area contributed by atoms with Gasteiger partial charge in [0.1, 0.15) is 10.3 Å². The number of benzene rings is 2. The number of thiophene rings is 1. The number of rotatable bonds is 6. The molecule has 1 heterocycles. The summed E-state index contributed by atoms with van der Waals surface area (Å²) in [6, 6.07) is 19.6. The van der Waals surface area contributed by atoms with Crippen LogP contribution in [-0.4, -0.2) is 11.8 Å². The average Bonchev–Trinajstić information content (AvgIpc) is 3.09. The van der Waals surface area contributed by atoms with Crippen molar-refractivity contribution in [2.45, 2.75) is 48.7 Å². The lowest BCUT2D eigenvalue weighted by Crippen LogP contribution is -2.21. The third kappa shape index (κ3) is 5.20. The Balaban J connectivity index is 1.65. The summed E-state index contributed by atoms with van der Waals surface area (Å²) in [4.78, 5) is 28.0. The smallest absolute Gasteiger partial charge is 0.251 e. The van der Waals surface area contributed by atoms with Crippen LogP contribution in [0, 0.1) is 0 Å². The molecule has 2 aromatic carbocycles. The first-order valence-electron chi connectivity index (χ1n) is 10.7. The highest BCUT2D eigenvalue weighted by Crippen LogP contribution is 2.40. The fourth-order valence-corrected chi connectivity index (χ4v) is 6.32. The molecule has 3 aromatic rings. The lowest BCUT2D eigenvalue weighted by atomic mass is 9.96. The van der Waals surface area contributed by atoms with E-state index in [1.807, 2.05) is 60.7 Å². The molecule has 2 amide bonds. The average molecular weight is 451 g/mol. The topological polar surface area (TPSA) is 72.2 Å². The summed E-state index contributed by atoms with van der Waals surface area (Å²) in [6.45, 7) is 0. The van der Waals surface area contributed by atoms with Crippen LogP contribution in [0.25, 0.3) is 0 Å². The Morgan fingerprint density at radius 1 is 0.903 bits per heavy atom. The van der Waals surface area contributed by atoms with Gasteiger partial charge in [0.2, 0.25) is 5.91 Å². The Morgan fingerprint density at radius 3 is 2.23 bits per heavy atom. The van der Waals surface area contributed by atoms with Gasteiger partial charge in [0, 0.05) is 9.77 Å². The second-order valence-corrected chi connectivity index (χ2v) is 9.98. The van der Waals surface area contributed by atoms with Gasteiger partial charge in [0.05, 0.1) is 5.56 Å². The predicted molar refractivity (Wildman–Crippen MR) is 129 cm³/mol. The number of thioether (sulfide) groups is 1. The van der Waals surface area contributed by atoms with Crippen molar-refractivity contribution in [2.24, 2.45) is 5.73 Å². The summed E-state index contributed by atoms with van der Waals surface area (Å²) in [5, 5.41) is 3.23. The zero-order valence-corrected chi connectivity index (χ0v) is 18.9. The summed E-state index contributed by atoms with van der Waals surface area (Å²) in [7, 11) is 0. The maximum absolute atomic E-state index is 13.5. The number of fused-ring (bicyclic) bond motifs is 1. The van der Waals surface area contributed by atoms with Gasteiger partial charge in [-0.2, -0.15) is 0 Å². The van der Waals surface area contributed by atoms with E-state index in [2.05, 4.69) is 5.32 Å². The van der Waals surface area contributed by atoms with E-state index in [9.17, 15) is 9.59 Å². The summed E-state index contributed by atoms with van der Waals surface area (Å²) >= 11 is 3.02. The molecular weight excluding hydrogens is 424 g/mol. The third-order valence-electron chi connectivity index (χ3n) is 5.49. The van der Waals surface area contributed by atoms with E-state index in [1.54, 1.807) is 0 Å². The van der Waals surface area contributed by atoms with Crippen molar-refractivity contribution in [3.05, 3.63) is 82.2 Å². The van der Waals surface area contributed by atoms with E-state index >= 15 is 0 Å². The van der Waals surface area contributed by atoms with Gasteiger partial charge in [-0.25, -0.2) is 0 Å². The van der Waals surface area contributed by atoms with Gasteiger partial charge in [0.25, 0.3) is 5.91 Å². The quantitative estimate of drug-likeness (QED) is 0.454. The summed E-state index contributed by atoms with van der Waals surface area (Å²) < 4.78 is 0. The minimum atomic E-state index is -0.458. The predicted octanol–water partition coefficient (Wildman–Crippen LogP) is 5.98. The molecule has 0 unspecified atom stereocenters. The number of hydrogen-bond acceptors (Lipinski definition) is 4. The summed E-state index contributed by atoms with van der Waals surface area (Å²) in [5.74, 6) is -0.600. The van der Waals surface area contributed by atoms with Gasteiger partial charge in [-0.1, -0.05) is 61.4 Å². The number of amides is 2. The Kier molecular flexibility index (Phi) is 7.10. The van der Waals surface area contributed by atoms with Crippen LogP contribution in [0.5, 0.6) is 0 Å². The fraction of sp³-hybridized carbons (Fsp3) is 0.280. The van der Waals surface area contributed by atoms with Gasteiger partial charge < -0.3 is 11.1 Å². The molecule has 4 rings (SSSR count). The molecule has 0 saturated heterocycles. The minimum absolute atomic E-state index is 0.142. The van der Waals surface area contributed by atoms with Gasteiger partial charge >= 0.3 is 0 Å². The zero-order valence-electron chi connectivity index (χ0n) is 17.3. The maximum atomic E-state index is 13.5. The molecule has 1 aliphatic carbocycles. The zero-order chi connectivity index (χ0) is 21.6. The Labute approximate surface area is 191 Å². The molecule has 0 radical (unpaired) electrons. The number of anilines is 1. The highest BCUT2D eigenvalue weighted by molar-refractivity contribution is 8.00. The number of carbonyl (C=O) groups excluding carboxylic acids is 2. The molecule has 4 nitrogen and oxygen atoms in total. The first kappa shape index (κ1) is 21.7. The molecule has 31 heavy (non-hydrogen) atoms. The van der Waals surface area contributed by atoms with E-state index in [4.69, 9.17) is 5.73 Å². The van der Waals surface area contributed by atoms with Crippen LogP contribution >= 0.6 is 23.1 Å². The normalized spacial score (nSPS) is 14.7. The molecule has 3 N–H and O–H groups in total. The minimum Gasteiger partial charge on any atom is -0.365 e. The van der Waals surface area contributed by atoms with E-state index in [0.717, 1.165) is 41.7 Å². The first-order chi connectivity index (χ1) is 15.1. The highest BCUT2D eigenvalue weighted by atomic mass is 32.2. The van der Waals surface area contributed by atoms with Crippen LogP contribution < -0.4 is 11.1 Å². The summed E-state index contributed by atoms with van der Waals surface area (Å²) in [5.41, 5.74) is 8.24. The first-order valence-corrected chi connectivity index (χ1v) is 12.3. The van der Waals surface area contributed by atoms with Gasteiger partial charge in [0.15, 0.2) is 0 Å². The Bertz CT molecular complexity index is 1050. The van der Waals surface area contributed by atoms with Crippen molar-refractivity contribution in [3.63, 3.8) is 0 Å². The highest BCUT2D eigenvalue weighted by Gasteiger charge is 2.27. The molecule has 6 heteroatoms. The second kappa shape index (κ2) is 10.2. The summed E-state index contributed by atoms with van der Waals surface area (Å²) in [6.07, 6.45) is 6.31. The molecule has 0 saturated carbocycles. The number of nitrogens with two attached hydrogens (primary N) is 1. The Hall–Kier alpha value is -2.57. The van der Waals surface area contributed by atoms with E-state index in [-0.39, 0.29) is 5.91 Å². The van der Waals surface area contributed by atoms with Crippen LogP contribution in [-0.2, 0) is 17.6 Å². The number of aryl methyl sites for hydroxylation is 1. The van der Waals surface area contributed by atoms with Crippen LogP contribution in [0.4, 0.5) is 5.00 Å². The number of carbonyl (C=O) groups is 2. The van der Waals surface area contributed by atoms with E-state index in [0.29, 0.717) is 10.6 Å². The molecule has 0 fully saturated rings. The van der Waals surface area contributed by atoms with E-state index < -0.39 is 11.2 Å². The second-order valence-electron chi connectivity index (χ2n) is 7.70. The van der Waals surface area contributed by atoms with Crippen molar-refractivity contribution in [1.82, 2.24) is 0 Å². The van der Waals surface area contributed by atoms with Crippen molar-refractivity contribution >= 4 is 39.9 Å². The van der Waals surface area contributed by atoms with Gasteiger partial charge in [-0.15, -0.1) is 23.1 Å².